The van der Waals surface area contributed by atoms with Crippen LogP contribution in [0.25, 0.3) is 0 Å². The third-order valence-corrected chi connectivity index (χ3v) is 8.62. The Labute approximate surface area is 280 Å². The molecule has 0 aliphatic carbocycles. The normalized spacial score (nSPS) is 21.8. The van der Waals surface area contributed by atoms with Crippen LogP contribution in [0.1, 0.15) is 164 Å². The van der Waals surface area contributed by atoms with E-state index >= 15 is 0 Å². The predicted molar refractivity (Wildman–Crippen MR) is 199 cm³/mol. The number of rotatable bonds is 0. The SMILES string of the molecule is CC.CC.CC.CC.CC(C)(C)C1CCOC1.CC(C)(C)C1CCOC1.CC(C)(C)C1CCOCC1.CC(C)(C)C1COC1. The standard InChI is InChI=1S/C9H18O.2C8H16O.C7H14O.4C2H6/c1-9(2,3)8-4-6-10-7-5-8;2*1-8(2,3)7-4-5-9-6-7;1-7(2,3)6-4-8-5-6;4*1-2/h8H,4-7H2,1-3H3;2*7H,4-6H2,1-3H3;6H,4-5H2,1-3H3;4*1-2H3. The molecule has 0 bridgehead atoms. The van der Waals surface area contributed by atoms with Gasteiger partial charge in [0.15, 0.2) is 0 Å². The van der Waals surface area contributed by atoms with Gasteiger partial charge < -0.3 is 18.9 Å². The molecule has 4 aliphatic rings. The highest BCUT2D eigenvalue weighted by Crippen LogP contribution is 2.34. The largest absolute Gasteiger partial charge is 0.381 e. The number of hydrogen-bond donors (Lipinski definition) is 0. The molecule has 0 amide bonds. The maximum atomic E-state index is 5.29. The molecule has 4 rings (SSSR count). The summed E-state index contributed by atoms with van der Waals surface area (Å²) in [6, 6.07) is 0. The summed E-state index contributed by atoms with van der Waals surface area (Å²) in [7, 11) is 0. The van der Waals surface area contributed by atoms with Gasteiger partial charge in [0.25, 0.3) is 0 Å². The van der Waals surface area contributed by atoms with Crippen LogP contribution < -0.4 is 0 Å². The Hall–Kier alpha value is -0.160. The van der Waals surface area contributed by atoms with Crippen molar-refractivity contribution in [3.8, 4) is 0 Å². The maximum absolute atomic E-state index is 5.29. The van der Waals surface area contributed by atoms with Crippen molar-refractivity contribution in [1.82, 2.24) is 0 Å². The molecule has 4 heterocycles. The fourth-order valence-corrected chi connectivity index (χ4v) is 4.73. The first-order chi connectivity index (χ1) is 20.4. The molecule has 4 heteroatoms. The molecule has 0 saturated carbocycles. The summed E-state index contributed by atoms with van der Waals surface area (Å²) in [4.78, 5) is 0. The Morgan fingerprint density at radius 3 is 0.636 bits per heavy atom. The molecule has 272 valence electrons. The van der Waals surface area contributed by atoms with Crippen molar-refractivity contribution >= 4 is 0 Å². The van der Waals surface area contributed by atoms with E-state index in [-0.39, 0.29) is 0 Å². The van der Waals surface area contributed by atoms with Crippen molar-refractivity contribution in [3.05, 3.63) is 0 Å². The van der Waals surface area contributed by atoms with Crippen molar-refractivity contribution < 1.29 is 18.9 Å². The summed E-state index contributed by atoms with van der Waals surface area (Å²) in [5.74, 6) is 3.26. The Bertz CT molecular complexity index is 526. The van der Waals surface area contributed by atoms with Crippen LogP contribution in [0.15, 0.2) is 0 Å². The average molecular weight is 633 g/mol. The minimum atomic E-state index is 0.455. The van der Waals surface area contributed by atoms with E-state index in [4.69, 9.17) is 18.9 Å². The van der Waals surface area contributed by atoms with Gasteiger partial charge in [-0.2, -0.15) is 0 Å². The van der Waals surface area contributed by atoms with Crippen LogP contribution in [-0.4, -0.2) is 52.9 Å². The highest BCUT2D eigenvalue weighted by Gasteiger charge is 2.31. The summed E-state index contributed by atoms with van der Waals surface area (Å²) in [5, 5.41) is 0. The quantitative estimate of drug-likeness (QED) is 0.266. The Morgan fingerprint density at radius 1 is 0.295 bits per heavy atom. The van der Waals surface area contributed by atoms with Crippen LogP contribution in [0, 0.1) is 45.3 Å². The molecule has 0 radical (unpaired) electrons. The molecule has 2 atom stereocenters. The molecule has 44 heavy (non-hydrogen) atoms. The van der Waals surface area contributed by atoms with E-state index in [9.17, 15) is 0 Å². The lowest BCUT2D eigenvalue weighted by atomic mass is 9.76. The van der Waals surface area contributed by atoms with Gasteiger partial charge in [-0.25, -0.2) is 0 Å². The van der Waals surface area contributed by atoms with E-state index < -0.39 is 0 Å². The zero-order valence-corrected chi connectivity index (χ0v) is 34.4. The smallest absolute Gasteiger partial charge is 0.0521 e. The van der Waals surface area contributed by atoms with Crippen LogP contribution in [0.3, 0.4) is 0 Å². The number of hydrogen-bond acceptors (Lipinski definition) is 4. The highest BCUT2D eigenvalue weighted by atomic mass is 16.5. The minimum absolute atomic E-state index is 0.455. The van der Waals surface area contributed by atoms with E-state index in [1.165, 1.54) is 25.7 Å². The van der Waals surface area contributed by atoms with Gasteiger partial charge in [0.1, 0.15) is 0 Å². The molecule has 0 spiro atoms. The lowest BCUT2D eigenvalue weighted by Gasteiger charge is -2.37. The Morgan fingerprint density at radius 2 is 0.523 bits per heavy atom. The van der Waals surface area contributed by atoms with Gasteiger partial charge in [0, 0.05) is 45.6 Å². The maximum Gasteiger partial charge on any atom is 0.0521 e. The summed E-state index contributed by atoms with van der Waals surface area (Å²) >= 11 is 0. The zero-order valence-electron chi connectivity index (χ0n) is 34.4. The van der Waals surface area contributed by atoms with Gasteiger partial charge in [-0.15, -0.1) is 0 Å². The summed E-state index contributed by atoms with van der Waals surface area (Å²) in [5.41, 5.74) is 1.87. The van der Waals surface area contributed by atoms with Gasteiger partial charge in [0.05, 0.1) is 13.2 Å². The van der Waals surface area contributed by atoms with Crippen molar-refractivity contribution in [2.75, 3.05) is 52.9 Å². The van der Waals surface area contributed by atoms with E-state index in [0.29, 0.717) is 21.7 Å². The Kier molecular flexibility index (Phi) is 32.1. The van der Waals surface area contributed by atoms with Crippen LogP contribution in [-0.2, 0) is 18.9 Å². The van der Waals surface area contributed by atoms with Crippen molar-refractivity contribution in [3.63, 3.8) is 0 Å². The van der Waals surface area contributed by atoms with Gasteiger partial charge in [-0.1, -0.05) is 138 Å². The lowest BCUT2D eigenvalue weighted by Crippen LogP contribution is -2.37. The molecular weight excluding hydrogens is 544 g/mol. The van der Waals surface area contributed by atoms with E-state index in [1.807, 2.05) is 55.4 Å². The molecule has 4 saturated heterocycles. The summed E-state index contributed by atoms with van der Waals surface area (Å²) in [6.45, 7) is 51.3. The topological polar surface area (TPSA) is 36.9 Å². The molecule has 4 nitrogen and oxygen atoms in total. The molecule has 0 aromatic rings. The van der Waals surface area contributed by atoms with Crippen molar-refractivity contribution in [2.24, 2.45) is 45.3 Å². The molecule has 4 fully saturated rings. The van der Waals surface area contributed by atoms with Crippen LogP contribution >= 0.6 is 0 Å². The second kappa shape index (κ2) is 27.9. The molecule has 2 unspecified atom stereocenters. The Balaban J connectivity index is -0.000000225. The van der Waals surface area contributed by atoms with Crippen LogP contribution in [0.4, 0.5) is 0 Å². The summed E-state index contributed by atoms with van der Waals surface area (Å²) in [6.07, 6.45) is 5.01. The lowest BCUT2D eigenvalue weighted by molar-refractivity contribution is -0.0821. The van der Waals surface area contributed by atoms with Gasteiger partial charge in [-0.3, -0.25) is 0 Å². The van der Waals surface area contributed by atoms with Crippen molar-refractivity contribution in [2.45, 2.75) is 164 Å². The van der Waals surface area contributed by atoms with E-state index in [2.05, 4.69) is 83.1 Å². The zero-order chi connectivity index (χ0) is 35.6. The third kappa shape index (κ3) is 26.0. The molecule has 4 aliphatic heterocycles. The second-order valence-corrected chi connectivity index (χ2v) is 15.7. The van der Waals surface area contributed by atoms with E-state index in [0.717, 1.165) is 76.5 Å². The predicted octanol–water partition coefficient (Wildman–Crippen LogP) is 12.4. The minimum Gasteiger partial charge on any atom is -0.381 e. The fourth-order valence-electron chi connectivity index (χ4n) is 4.73. The highest BCUT2D eigenvalue weighted by molar-refractivity contribution is 4.79. The molecule has 0 aromatic heterocycles. The number of ether oxygens (including phenoxy) is 4. The van der Waals surface area contributed by atoms with Crippen LogP contribution in [0.2, 0.25) is 0 Å². The molecule has 0 N–H and O–H groups in total. The molecule has 0 aromatic carbocycles. The monoisotopic (exact) mass is 633 g/mol. The van der Waals surface area contributed by atoms with Crippen molar-refractivity contribution in [1.29, 1.82) is 0 Å². The molecular formula is C40H88O4. The average Bonchev–Trinajstić information content (AvgIpc) is 3.68. The van der Waals surface area contributed by atoms with Gasteiger partial charge in [-0.05, 0) is 65.1 Å². The third-order valence-electron chi connectivity index (χ3n) is 8.62. The van der Waals surface area contributed by atoms with Crippen LogP contribution in [0.5, 0.6) is 0 Å². The van der Waals surface area contributed by atoms with Gasteiger partial charge in [0.2, 0.25) is 0 Å². The summed E-state index contributed by atoms with van der Waals surface area (Å²) < 4.78 is 20.9. The fraction of sp³-hybridized carbons (Fsp3) is 1.00. The first kappa shape index (κ1) is 50.7. The van der Waals surface area contributed by atoms with E-state index in [1.54, 1.807) is 0 Å². The second-order valence-electron chi connectivity index (χ2n) is 15.7. The first-order valence-corrected chi connectivity index (χ1v) is 18.7. The van der Waals surface area contributed by atoms with Gasteiger partial charge >= 0.3 is 0 Å². The first-order valence-electron chi connectivity index (χ1n) is 18.7.